The summed E-state index contributed by atoms with van der Waals surface area (Å²) < 4.78 is 9.82. The van der Waals surface area contributed by atoms with Gasteiger partial charge in [-0.05, 0) is 118 Å². The van der Waals surface area contributed by atoms with Crippen LogP contribution in [0.3, 0.4) is 0 Å². The van der Waals surface area contributed by atoms with Crippen LogP contribution in [-0.4, -0.2) is 26.3 Å². The summed E-state index contributed by atoms with van der Waals surface area (Å²) in [6.07, 6.45) is 0. The highest BCUT2D eigenvalue weighted by atomic mass is 28.3. The number of aromatic nitrogens is 4. The fourth-order valence-corrected chi connectivity index (χ4v) is 18.1. The van der Waals surface area contributed by atoms with Gasteiger partial charge in [-0.25, -0.2) is 0 Å². The van der Waals surface area contributed by atoms with Crippen molar-refractivity contribution >= 4 is 116 Å². The summed E-state index contributed by atoms with van der Waals surface area (Å²) in [6.45, 7) is 0. The van der Waals surface area contributed by atoms with Crippen molar-refractivity contribution in [2.24, 2.45) is 0 Å². The Morgan fingerprint density at radius 3 is 0.740 bits per heavy atom. The first-order valence-corrected chi connectivity index (χ1v) is 28.6. The number of rotatable bonds is 8. The molecule has 16 rings (SSSR count). The van der Waals surface area contributed by atoms with Crippen LogP contribution >= 0.6 is 0 Å². The van der Waals surface area contributed by atoms with E-state index in [1.807, 2.05) is 0 Å². The van der Waals surface area contributed by atoms with Crippen LogP contribution in [0.2, 0.25) is 0 Å². The van der Waals surface area contributed by atoms with Crippen LogP contribution in [0, 0.1) is 0 Å². The molecule has 0 spiro atoms. The van der Waals surface area contributed by atoms with E-state index in [-0.39, 0.29) is 0 Å². The smallest absolute Gasteiger partial charge is 0.179 e. The SMILES string of the molecule is c1ccc([Si](c2ccccc2)(c2cccc(-n3c4ccccc4c4cc(-n5c6ccccc6c6ccccc65)ccc43)c2)c2cccc(-n3c4ccccc4c4cc(-n5c6ccccc6c6ccccc65)ccc43)c2)cc1. The van der Waals surface area contributed by atoms with Gasteiger partial charge in [0.05, 0.1) is 44.1 Å². The minimum Gasteiger partial charge on any atom is -0.309 e. The highest BCUT2D eigenvalue weighted by molar-refractivity contribution is 7.20. The van der Waals surface area contributed by atoms with Gasteiger partial charge in [-0.3, -0.25) is 0 Å². The van der Waals surface area contributed by atoms with Crippen LogP contribution in [0.4, 0.5) is 0 Å². The Morgan fingerprint density at radius 2 is 0.416 bits per heavy atom. The van der Waals surface area contributed by atoms with Crippen molar-refractivity contribution in [3.05, 3.63) is 291 Å². The van der Waals surface area contributed by atoms with E-state index in [9.17, 15) is 0 Å². The number of fused-ring (bicyclic) bond motifs is 12. The lowest BCUT2D eigenvalue weighted by atomic mass is 10.1. The first-order valence-electron chi connectivity index (χ1n) is 26.6. The average molecular weight is 997 g/mol. The van der Waals surface area contributed by atoms with Gasteiger partial charge < -0.3 is 18.3 Å². The van der Waals surface area contributed by atoms with Gasteiger partial charge in [0.15, 0.2) is 8.07 Å². The van der Waals surface area contributed by atoms with E-state index >= 15 is 0 Å². The maximum absolute atomic E-state index is 3.09. The van der Waals surface area contributed by atoms with E-state index in [1.165, 1.54) is 108 Å². The van der Waals surface area contributed by atoms with Crippen LogP contribution in [0.1, 0.15) is 0 Å². The molecule has 0 N–H and O–H groups in total. The molecule has 4 aromatic heterocycles. The van der Waals surface area contributed by atoms with Crippen molar-refractivity contribution in [3.63, 3.8) is 0 Å². The Morgan fingerprint density at radius 1 is 0.169 bits per heavy atom. The molecule has 360 valence electrons. The highest BCUT2D eigenvalue weighted by Crippen LogP contribution is 2.39. The fourth-order valence-electron chi connectivity index (χ4n) is 13.3. The van der Waals surface area contributed by atoms with E-state index in [0.717, 1.165) is 22.7 Å². The first kappa shape index (κ1) is 43.5. The monoisotopic (exact) mass is 996 g/mol. The molecule has 4 nitrogen and oxygen atoms in total. The summed E-state index contributed by atoms with van der Waals surface area (Å²) in [4.78, 5) is 0. The Bertz CT molecular complexity index is 4570. The molecule has 0 aliphatic rings. The van der Waals surface area contributed by atoms with E-state index < -0.39 is 8.07 Å². The summed E-state index contributed by atoms with van der Waals surface area (Å²) in [7, 11) is -3.09. The van der Waals surface area contributed by atoms with Crippen molar-refractivity contribution in [3.8, 4) is 22.7 Å². The zero-order chi connectivity index (χ0) is 50.6. The third-order valence-corrected chi connectivity index (χ3v) is 21.2. The predicted octanol–water partition coefficient (Wildman–Crippen LogP) is 15.5. The molecule has 12 aromatic carbocycles. The molecule has 0 unspecified atom stereocenters. The molecule has 4 heterocycles. The lowest BCUT2D eigenvalue weighted by Gasteiger charge is -2.35. The van der Waals surface area contributed by atoms with Crippen molar-refractivity contribution in [1.29, 1.82) is 0 Å². The van der Waals surface area contributed by atoms with Gasteiger partial charge in [0.2, 0.25) is 0 Å². The molecular formula is C72H48N4Si. The lowest BCUT2D eigenvalue weighted by Crippen LogP contribution is -2.74. The minimum atomic E-state index is -3.09. The van der Waals surface area contributed by atoms with Crippen molar-refractivity contribution in [1.82, 2.24) is 18.3 Å². The van der Waals surface area contributed by atoms with Crippen molar-refractivity contribution < 1.29 is 0 Å². The molecule has 16 aromatic rings. The van der Waals surface area contributed by atoms with E-state index in [4.69, 9.17) is 0 Å². The van der Waals surface area contributed by atoms with Gasteiger partial charge in [0.1, 0.15) is 0 Å². The highest BCUT2D eigenvalue weighted by Gasteiger charge is 2.42. The molecule has 77 heavy (non-hydrogen) atoms. The maximum Gasteiger partial charge on any atom is 0.179 e. The van der Waals surface area contributed by atoms with Crippen LogP contribution < -0.4 is 20.7 Å². The summed E-state index contributed by atoms with van der Waals surface area (Å²) >= 11 is 0. The van der Waals surface area contributed by atoms with E-state index in [0.29, 0.717) is 0 Å². The van der Waals surface area contributed by atoms with Crippen molar-refractivity contribution in [2.75, 3.05) is 0 Å². The number of hydrogen-bond acceptors (Lipinski definition) is 0. The second-order valence-electron chi connectivity index (χ2n) is 20.4. The Kier molecular flexibility index (Phi) is 9.62. The largest absolute Gasteiger partial charge is 0.309 e. The van der Waals surface area contributed by atoms with Crippen LogP contribution in [0.5, 0.6) is 0 Å². The molecule has 0 atom stereocenters. The standard InChI is InChI=1S/C72H48N4Si/c1-3-23-53(24-4-1)77(54-25-5-2-6-26-54,55-27-19-21-49(45-55)73-69-39-17-11-33-61(69)63-47-51(41-43-71(63)73)75-65-35-13-7-29-57(65)58-30-8-14-36-66(58)75)56-28-20-22-50(46-56)74-70-40-18-12-34-62(70)64-48-52(42-44-72(64)74)76-67-37-15-9-31-59(67)60-32-10-16-38-68(60)76/h1-48H. The van der Waals surface area contributed by atoms with Gasteiger partial charge >= 0.3 is 0 Å². The molecule has 0 bridgehead atoms. The van der Waals surface area contributed by atoms with Gasteiger partial charge in [0, 0.05) is 65.8 Å². The first-order chi connectivity index (χ1) is 38.2. The predicted molar refractivity (Wildman–Crippen MR) is 327 cm³/mol. The second-order valence-corrected chi connectivity index (χ2v) is 24.2. The summed E-state index contributed by atoms with van der Waals surface area (Å²) in [5.74, 6) is 0. The molecule has 0 fully saturated rings. The second kappa shape index (κ2) is 17.0. The van der Waals surface area contributed by atoms with E-state index in [2.05, 4.69) is 309 Å². The Labute approximate surface area is 445 Å². The van der Waals surface area contributed by atoms with Gasteiger partial charge in [0.25, 0.3) is 0 Å². The summed E-state index contributed by atoms with van der Waals surface area (Å²) in [5, 5.41) is 15.2. The summed E-state index contributed by atoms with van der Waals surface area (Å²) in [6, 6.07) is 109. The normalized spacial score (nSPS) is 12.2. The molecule has 5 heteroatoms. The molecule has 0 saturated carbocycles. The van der Waals surface area contributed by atoms with Gasteiger partial charge in [-0.2, -0.15) is 0 Å². The molecule has 0 saturated heterocycles. The number of benzene rings is 12. The quantitative estimate of drug-likeness (QED) is 0.107. The Hall–Kier alpha value is -9.94. The minimum absolute atomic E-state index is 1.14. The number of hydrogen-bond donors (Lipinski definition) is 0. The molecular weight excluding hydrogens is 949 g/mol. The fraction of sp³-hybridized carbons (Fsp3) is 0. The molecule has 0 radical (unpaired) electrons. The topological polar surface area (TPSA) is 19.7 Å². The molecule has 0 aliphatic heterocycles. The van der Waals surface area contributed by atoms with Gasteiger partial charge in [-0.15, -0.1) is 0 Å². The van der Waals surface area contributed by atoms with E-state index in [1.54, 1.807) is 0 Å². The maximum atomic E-state index is 2.50. The zero-order valence-electron chi connectivity index (χ0n) is 42.0. The third kappa shape index (κ3) is 6.38. The third-order valence-electron chi connectivity index (χ3n) is 16.5. The van der Waals surface area contributed by atoms with Gasteiger partial charge in [-0.1, -0.05) is 194 Å². The van der Waals surface area contributed by atoms with Crippen LogP contribution in [-0.2, 0) is 0 Å². The molecule has 0 amide bonds. The van der Waals surface area contributed by atoms with Crippen molar-refractivity contribution in [2.45, 2.75) is 0 Å². The number of para-hydroxylation sites is 6. The van der Waals surface area contributed by atoms with Crippen LogP contribution in [0.15, 0.2) is 291 Å². The van der Waals surface area contributed by atoms with Crippen LogP contribution in [0.25, 0.3) is 110 Å². The zero-order valence-corrected chi connectivity index (χ0v) is 43.0. The number of nitrogens with zero attached hydrogens (tertiary/aromatic N) is 4. The molecule has 0 aliphatic carbocycles. The average Bonchev–Trinajstić information content (AvgIpc) is 4.27. The lowest BCUT2D eigenvalue weighted by molar-refractivity contribution is 1.17. The Balaban J connectivity index is 0.900. The summed E-state index contributed by atoms with van der Waals surface area (Å²) in [5.41, 5.74) is 14.1.